The molecule has 5 nitrogen and oxygen atoms in total. The highest BCUT2D eigenvalue weighted by atomic mass is 16.5. The van der Waals surface area contributed by atoms with Crippen molar-refractivity contribution in [3.8, 4) is 0 Å². The highest BCUT2D eigenvalue weighted by Gasteiger charge is 2.40. The molecule has 1 aliphatic carbocycles. The third-order valence-electron chi connectivity index (χ3n) is 4.33. The number of rotatable bonds is 6. The van der Waals surface area contributed by atoms with Crippen molar-refractivity contribution in [3.05, 3.63) is 0 Å². The Labute approximate surface area is 113 Å². The summed E-state index contributed by atoms with van der Waals surface area (Å²) in [6, 6.07) is 0. The lowest BCUT2D eigenvalue weighted by molar-refractivity contribution is -0.140. The molecule has 0 aromatic heterocycles. The van der Waals surface area contributed by atoms with E-state index in [0.29, 0.717) is 12.3 Å². The maximum Gasteiger partial charge on any atom is 0.305 e. The lowest BCUT2D eigenvalue weighted by Crippen LogP contribution is -2.54. The van der Waals surface area contributed by atoms with Gasteiger partial charge in [-0.05, 0) is 44.4 Å². The van der Waals surface area contributed by atoms with Gasteiger partial charge in [0.1, 0.15) is 0 Å². The molecule has 1 aliphatic heterocycles. The Hall–Kier alpha value is -1.10. The van der Waals surface area contributed by atoms with Crippen LogP contribution in [0.4, 0.5) is 0 Å². The Bertz CT molecular complexity index is 332. The molecule has 108 valence electrons. The van der Waals surface area contributed by atoms with E-state index < -0.39 is 11.5 Å². The van der Waals surface area contributed by atoms with Gasteiger partial charge in [0.05, 0.1) is 12.0 Å². The first-order valence-electron chi connectivity index (χ1n) is 7.20. The molecule has 5 heteroatoms. The van der Waals surface area contributed by atoms with Gasteiger partial charge >= 0.3 is 5.97 Å². The van der Waals surface area contributed by atoms with Crippen molar-refractivity contribution >= 4 is 11.9 Å². The standard InChI is InChI=1S/C14H23NO4/c16-12(3-2-11-4-8-19-9-5-11)15-14(6-1-7-14)10-13(17)18/h11H,1-10H2,(H,15,16)(H,17,18). The monoisotopic (exact) mass is 269 g/mol. The van der Waals surface area contributed by atoms with Crippen molar-refractivity contribution in [1.82, 2.24) is 5.32 Å². The topological polar surface area (TPSA) is 75.6 Å². The zero-order valence-corrected chi connectivity index (χ0v) is 11.3. The number of nitrogens with one attached hydrogen (secondary N) is 1. The van der Waals surface area contributed by atoms with Crippen molar-refractivity contribution in [1.29, 1.82) is 0 Å². The molecule has 1 amide bonds. The molecule has 0 bridgehead atoms. The molecule has 2 N–H and O–H groups in total. The molecule has 2 fully saturated rings. The van der Waals surface area contributed by atoms with Crippen LogP contribution in [0.25, 0.3) is 0 Å². The highest BCUT2D eigenvalue weighted by molar-refractivity contribution is 5.78. The number of hydrogen-bond donors (Lipinski definition) is 2. The fraction of sp³-hybridized carbons (Fsp3) is 0.857. The van der Waals surface area contributed by atoms with Gasteiger partial charge in [0.2, 0.25) is 5.91 Å². The molecule has 19 heavy (non-hydrogen) atoms. The molecule has 1 saturated heterocycles. The minimum absolute atomic E-state index is 0.00689. The Morgan fingerprint density at radius 1 is 1.26 bits per heavy atom. The summed E-state index contributed by atoms with van der Waals surface area (Å²) in [5.41, 5.74) is -0.460. The van der Waals surface area contributed by atoms with Gasteiger partial charge in [-0.2, -0.15) is 0 Å². The highest BCUT2D eigenvalue weighted by Crippen LogP contribution is 2.35. The van der Waals surface area contributed by atoms with Crippen LogP contribution in [0, 0.1) is 5.92 Å². The van der Waals surface area contributed by atoms with Crippen LogP contribution >= 0.6 is 0 Å². The minimum atomic E-state index is -0.829. The number of ether oxygens (including phenoxy) is 1. The average molecular weight is 269 g/mol. The third kappa shape index (κ3) is 4.20. The van der Waals surface area contributed by atoms with E-state index in [1.54, 1.807) is 0 Å². The fourth-order valence-corrected chi connectivity index (χ4v) is 2.97. The molecule has 0 radical (unpaired) electrons. The van der Waals surface area contributed by atoms with Crippen LogP contribution in [0.15, 0.2) is 0 Å². The molecule has 2 aliphatic rings. The molecule has 0 unspecified atom stereocenters. The van der Waals surface area contributed by atoms with E-state index in [9.17, 15) is 9.59 Å². The summed E-state index contributed by atoms with van der Waals surface area (Å²) in [4.78, 5) is 22.8. The van der Waals surface area contributed by atoms with Crippen LogP contribution in [0.5, 0.6) is 0 Å². The van der Waals surface area contributed by atoms with E-state index in [-0.39, 0.29) is 12.3 Å². The second kappa shape index (κ2) is 6.37. The predicted octanol–water partition coefficient (Wildman–Crippen LogP) is 1.71. The number of hydrogen-bond acceptors (Lipinski definition) is 3. The predicted molar refractivity (Wildman–Crippen MR) is 69.8 cm³/mol. The number of carbonyl (C=O) groups is 2. The number of amides is 1. The average Bonchev–Trinajstić information content (AvgIpc) is 2.34. The second-order valence-corrected chi connectivity index (χ2v) is 5.85. The largest absolute Gasteiger partial charge is 0.481 e. The van der Waals surface area contributed by atoms with E-state index in [1.165, 1.54) is 0 Å². The van der Waals surface area contributed by atoms with Gasteiger partial charge in [0, 0.05) is 19.6 Å². The smallest absolute Gasteiger partial charge is 0.305 e. The first-order chi connectivity index (χ1) is 9.10. The van der Waals surface area contributed by atoms with Gasteiger partial charge in [0.25, 0.3) is 0 Å². The van der Waals surface area contributed by atoms with Crippen molar-refractivity contribution in [2.75, 3.05) is 13.2 Å². The zero-order chi connectivity index (χ0) is 13.7. The van der Waals surface area contributed by atoms with Gasteiger partial charge in [-0.15, -0.1) is 0 Å². The van der Waals surface area contributed by atoms with E-state index in [4.69, 9.17) is 9.84 Å². The van der Waals surface area contributed by atoms with Crippen molar-refractivity contribution in [2.45, 2.75) is 56.9 Å². The summed E-state index contributed by atoms with van der Waals surface area (Å²) in [7, 11) is 0. The molecule has 1 heterocycles. The Morgan fingerprint density at radius 3 is 2.47 bits per heavy atom. The molecular formula is C14H23NO4. The maximum atomic E-state index is 11.9. The van der Waals surface area contributed by atoms with Crippen LogP contribution in [0.2, 0.25) is 0 Å². The summed E-state index contributed by atoms with van der Waals surface area (Å²) in [5.74, 6) is -0.242. The lowest BCUT2D eigenvalue weighted by atomic mass is 9.74. The third-order valence-corrected chi connectivity index (χ3v) is 4.33. The van der Waals surface area contributed by atoms with E-state index in [0.717, 1.165) is 51.7 Å². The first kappa shape index (κ1) is 14.3. The number of carboxylic acid groups (broad SMARTS) is 1. The summed E-state index contributed by atoms with van der Waals surface area (Å²) in [5, 5.41) is 11.8. The second-order valence-electron chi connectivity index (χ2n) is 5.85. The molecule has 0 aromatic rings. The Morgan fingerprint density at radius 2 is 1.95 bits per heavy atom. The number of aliphatic carboxylic acids is 1. The number of carbonyl (C=O) groups excluding carboxylic acids is 1. The van der Waals surface area contributed by atoms with Crippen LogP contribution in [-0.2, 0) is 14.3 Å². The zero-order valence-electron chi connectivity index (χ0n) is 11.3. The van der Waals surface area contributed by atoms with E-state index >= 15 is 0 Å². The fourth-order valence-electron chi connectivity index (χ4n) is 2.97. The number of carboxylic acids is 1. The molecule has 0 atom stereocenters. The van der Waals surface area contributed by atoms with Crippen molar-refractivity contribution < 1.29 is 19.4 Å². The minimum Gasteiger partial charge on any atom is -0.481 e. The Kier molecular flexibility index (Phi) is 4.80. The van der Waals surface area contributed by atoms with Crippen molar-refractivity contribution in [3.63, 3.8) is 0 Å². The quantitative estimate of drug-likeness (QED) is 0.769. The van der Waals surface area contributed by atoms with E-state index in [2.05, 4.69) is 5.32 Å². The SMILES string of the molecule is O=C(O)CC1(NC(=O)CCC2CCOCC2)CCC1. The Balaban J connectivity index is 1.72. The van der Waals surface area contributed by atoms with Gasteiger partial charge in [-0.1, -0.05) is 0 Å². The normalized spacial score (nSPS) is 22.5. The van der Waals surface area contributed by atoms with E-state index in [1.807, 2.05) is 0 Å². The molecule has 1 saturated carbocycles. The van der Waals surface area contributed by atoms with Gasteiger partial charge in [0.15, 0.2) is 0 Å². The summed E-state index contributed by atoms with van der Waals surface area (Å²) >= 11 is 0. The van der Waals surface area contributed by atoms with Crippen LogP contribution in [-0.4, -0.2) is 35.7 Å². The molecule has 2 rings (SSSR count). The summed E-state index contributed by atoms with van der Waals surface area (Å²) in [6.45, 7) is 1.60. The van der Waals surface area contributed by atoms with Gasteiger partial charge in [-0.25, -0.2) is 0 Å². The van der Waals surface area contributed by atoms with Gasteiger partial charge < -0.3 is 15.2 Å². The maximum absolute atomic E-state index is 11.9. The molecular weight excluding hydrogens is 246 g/mol. The lowest BCUT2D eigenvalue weighted by Gasteiger charge is -2.41. The summed E-state index contributed by atoms with van der Waals surface area (Å²) in [6.07, 6.45) is 6.11. The van der Waals surface area contributed by atoms with Crippen LogP contribution < -0.4 is 5.32 Å². The molecule has 0 spiro atoms. The molecule has 0 aromatic carbocycles. The first-order valence-corrected chi connectivity index (χ1v) is 7.20. The van der Waals surface area contributed by atoms with Gasteiger partial charge in [-0.3, -0.25) is 9.59 Å². The van der Waals surface area contributed by atoms with Crippen LogP contribution in [0.1, 0.15) is 51.4 Å². The van der Waals surface area contributed by atoms with Crippen LogP contribution in [0.3, 0.4) is 0 Å². The van der Waals surface area contributed by atoms with Crippen molar-refractivity contribution in [2.24, 2.45) is 5.92 Å². The summed E-state index contributed by atoms with van der Waals surface area (Å²) < 4.78 is 5.29.